The monoisotopic (exact) mass is 438 g/mol. The molecule has 8 nitrogen and oxygen atoms in total. The van der Waals surface area contributed by atoms with E-state index in [1.807, 2.05) is 40.5 Å². The maximum absolute atomic E-state index is 12.9. The van der Waals surface area contributed by atoms with E-state index in [4.69, 9.17) is 9.47 Å². The first-order valence-electron chi connectivity index (χ1n) is 10.1. The third-order valence-electron chi connectivity index (χ3n) is 4.59. The van der Waals surface area contributed by atoms with Crippen molar-refractivity contribution in [1.29, 1.82) is 0 Å². The summed E-state index contributed by atoms with van der Waals surface area (Å²) >= 11 is 0. The number of halogens is 2. The summed E-state index contributed by atoms with van der Waals surface area (Å²) in [7, 11) is 7.52. The molecule has 172 valence electrons. The average molecular weight is 439 g/mol. The highest BCUT2D eigenvalue weighted by Crippen LogP contribution is 2.26. The third-order valence-corrected chi connectivity index (χ3v) is 4.59. The van der Waals surface area contributed by atoms with E-state index in [0.29, 0.717) is 30.4 Å². The number of guanidine groups is 1. The third kappa shape index (κ3) is 7.71. The van der Waals surface area contributed by atoms with Gasteiger partial charge in [-0.15, -0.1) is 0 Å². The number of alkyl halides is 2. The molecule has 1 aromatic heterocycles. The van der Waals surface area contributed by atoms with Crippen LogP contribution in [-0.2, 0) is 13.6 Å². The summed E-state index contributed by atoms with van der Waals surface area (Å²) in [6, 6.07) is 5.02. The smallest absolute Gasteiger partial charge is 0.387 e. The Balaban J connectivity index is 2.02. The van der Waals surface area contributed by atoms with Gasteiger partial charge < -0.3 is 25.0 Å². The number of aliphatic imine (C=N–C) groups is 1. The topological polar surface area (TPSA) is 75.9 Å². The van der Waals surface area contributed by atoms with Crippen molar-refractivity contribution in [2.75, 3.05) is 34.3 Å². The molecule has 10 heteroatoms. The zero-order valence-electron chi connectivity index (χ0n) is 18.7. The van der Waals surface area contributed by atoms with Crippen LogP contribution in [0.1, 0.15) is 30.5 Å². The number of aromatic nitrogens is 2. The predicted octanol–water partition coefficient (Wildman–Crippen LogP) is 2.78. The van der Waals surface area contributed by atoms with Gasteiger partial charge in [0.25, 0.3) is 0 Å². The van der Waals surface area contributed by atoms with Gasteiger partial charge in [-0.05, 0) is 32.6 Å². The van der Waals surface area contributed by atoms with E-state index in [0.717, 1.165) is 12.0 Å². The molecule has 0 saturated carbocycles. The summed E-state index contributed by atoms with van der Waals surface area (Å²) < 4.78 is 37.7. The first-order valence-corrected chi connectivity index (χ1v) is 10.1. The van der Waals surface area contributed by atoms with Crippen molar-refractivity contribution in [1.82, 2.24) is 25.3 Å². The summed E-state index contributed by atoms with van der Waals surface area (Å²) in [5, 5.41) is 10.7. The van der Waals surface area contributed by atoms with E-state index in [-0.39, 0.29) is 18.3 Å². The van der Waals surface area contributed by atoms with E-state index in [2.05, 4.69) is 25.6 Å². The van der Waals surface area contributed by atoms with E-state index < -0.39 is 6.61 Å². The Labute approximate surface area is 182 Å². The summed E-state index contributed by atoms with van der Waals surface area (Å²) in [5.41, 5.74) is 1.65. The molecule has 1 unspecified atom stereocenters. The van der Waals surface area contributed by atoms with Gasteiger partial charge in [0, 0.05) is 50.6 Å². The second-order valence-electron chi connectivity index (χ2n) is 7.23. The minimum Gasteiger partial charge on any atom is -0.493 e. The highest BCUT2D eigenvalue weighted by molar-refractivity contribution is 5.79. The molecule has 0 spiro atoms. The number of benzene rings is 1. The molecule has 1 atom stereocenters. The van der Waals surface area contributed by atoms with Crippen LogP contribution >= 0.6 is 0 Å². The Kier molecular flexibility index (Phi) is 9.51. The van der Waals surface area contributed by atoms with Crippen LogP contribution in [0.2, 0.25) is 0 Å². The molecule has 1 aromatic carbocycles. The summed E-state index contributed by atoms with van der Waals surface area (Å²) in [5.74, 6) is 1.12. The number of nitrogens with zero attached hydrogens (tertiary/aromatic N) is 4. The van der Waals surface area contributed by atoms with Crippen molar-refractivity contribution < 1.29 is 18.3 Å². The molecule has 2 aromatic rings. The molecule has 0 aliphatic carbocycles. The van der Waals surface area contributed by atoms with Crippen LogP contribution in [0.3, 0.4) is 0 Å². The zero-order chi connectivity index (χ0) is 22.8. The largest absolute Gasteiger partial charge is 0.493 e. The van der Waals surface area contributed by atoms with Gasteiger partial charge >= 0.3 is 6.61 Å². The number of likely N-dealkylation sites (N-methyl/N-ethyl adjacent to an activating group) is 1. The van der Waals surface area contributed by atoms with Crippen molar-refractivity contribution in [2.45, 2.75) is 32.5 Å². The van der Waals surface area contributed by atoms with Crippen LogP contribution in [-0.4, -0.2) is 61.5 Å². The number of rotatable bonds is 11. The van der Waals surface area contributed by atoms with E-state index in [9.17, 15) is 8.78 Å². The molecular weight excluding hydrogens is 406 g/mol. The fourth-order valence-corrected chi connectivity index (χ4v) is 3.00. The summed E-state index contributed by atoms with van der Waals surface area (Å²) in [6.07, 6.45) is 4.63. The molecule has 0 aliphatic heterocycles. The van der Waals surface area contributed by atoms with Gasteiger partial charge in [-0.3, -0.25) is 9.67 Å². The second-order valence-corrected chi connectivity index (χ2v) is 7.23. The zero-order valence-corrected chi connectivity index (χ0v) is 18.7. The minimum absolute atomic E-state index is 0.0769. The molecule has 0 amide bonds. The Morgan fingerprint density at radius 2 is 2.06 bits per heavy atom. The van der Waals surface area contributed by atoms with Gasteiger partial charge in [0.2, 0.25) is 0 Å². The van der Waals surface area contributed by atoms with Crippen LogP contribution < -0.4 is 20.1 Å². The molecule has 1 heterocycles. The van der Waals surface area contributed by atoms with Crippen LogP contribution in [0, 0.1) is 0 Å². The number of hydrogen-bond acceptors (Lipinski definition) is 5. The van der Waals surface area contributed by atoms with Crippen LogP contribution in [0.25, 0.3) is 0 Å². The van der Waals surface area contributed by atoms with Crippen LogP contribution in [0.4, 0.5) is 8.78 Å². The number of aryl methyl sites for hydroxylation is 1. The van der Waals surface area contributed by atoms with Gasteiger partial charge in [0.1, 0.15) is 11.5 Å². The van der Waals surface area contributed by atoms with Crippen molar-refractivity contribution in [3.8, 4) is 11.5 Å². The molecule has 2 rings (SSSR count). The van der Waals surface area contributed by atoms with Gasteiger partial charge in [-0.1, -0.05) is 6.92 Å². The van der Waals surface area contributed by atoms with Crippen LogP contribution in [0.5, 0.6) is 11.5 Å². The maximum Gasteiger partial charge on any atom is 0.387 e. The lowest BCUT2D eigenvalue weighted by Gasteiger charge is -2.24. The lowest BCUT2D eigenvalue weighted by atomic mass is 10.1. The Morgan fingerprint density at radius 3 is 2.65 bits per heavy atom. The minimum atomic E-state index is -2.92. The highest BCUT2D eigenvalue weighted by atomic mass is 19.3. The van der Waals surface area contributed by atoms with Gasteiger partial charge in [0.05, 0.1) is 18.8 Å². The van der Waals surface area contributed by atoms with Crippen LogP contribution in [0.15, 0.2) is 35.6 Å². The number of ether oxygens (including phenoxy) is 2. The number of hydrogen-bond donors (Lipinski definition) is 2. The maximum atomic E-state index is 12.9. The highest BCUT2D eigenvalue weighted by Gasteiger charge is 2.17. The molecule has 0 bridgehead atoms. The predicted molar refractivity (Wildman–Crippen MR) is 117 cm³/mol. The van der Waals surface area contributed by atoms with Crippen molar-refractivity contribution >= 4 is 5.96 Å². The lowest BCUT2D eigenvalue weighted by Crippen LogP contribution is -2.41. The molecule has 0 aliphatic rings. The quantitative estimate of drug-likeness (QED) is 0.415. The lowest BCUT2D eigenvalue weighted by molar-refractivity contribution is -0.0505. The Bertz CT molecular complexity index is 841. The SMILES string of the molecule is CCCOc1ccc(CNC(=NC)NCC(c2cnn(C)c2)N(C)C)c(OC(F)F)c1. The van der Waals surface area contributed by atoms with Gasteiger partial charge in [0.15, 0.2) is 5.96 Å². The fraction of sp³-hybridized carbons (Fsp3) is 0.524. The molecule has 31 heavy (non-hydrogen) atoms. The Hall–Kier alpha value is -2.88. The molecule has 0 radical (unpaired) electrons. The first kappa shape index (κ1) is 24.4. The molecule has 0 saturated heterocycles. The summed E-state index contributed by atoms with van der Waals surface area (Å²) in [4.78, 5) is 6.31. The van der Waals surface area contributed by atoms with E-state index >= 15 is 0 Å². The van der Waals surface area contributed by atoms with Crippen molar-refractivity contribution in [3.63, 3.8) is 0 Å². The summed E-state index contributed by atoms with van der Waals surface area (Å²) in [6.45, 7) is 0.408. The van der Waals surface area contributed by atoms with Gasteiger partial charge in [-0.25, -0.2) is 0 Å². The Morgan fingerprint density at radius 1 is 1.29 bits per heavy atom. The number of nitrogens with one attached hydrogen (secondary N) is 2. The van der Waals surface area contributed by atoms with E-state index in [1.165, 1.54) is 6.07 Å². The van der Waals surface area contributed by atoms with Crippen molar-refractivity contribution in [2.24, 2.45) is 12.0 Å². The average Bonchev–Trinajstić information content (AvgIpc) is 3.15. The van der Waals surface area contributed by atoms with E-state index in [1.54, 1.807) is 23.9 Å². The second kappa shape index (κ2) is 12.1. The normalized spacial score (nSPS) is 12.9. The van der Waals surface area contributed by atoms with Gasteiger partial charge in [-0.2, -0.15) is 13.9 Å². The fourth-order valence-electron chi connectivity index (χ4n) is 3.00. The van der Waals surface area contributed by atoms with Crippen molar-refractivity contribution in [3.05, 3.63) is 41.7 Å². The molecule has 2 N–H and O–H groups in total. The molecule has 0 fully saturated rings. The standard InChI is InChI=1S/C21H32F2N6O2/c1-6-9-30-17-8-7-15(19(10-17)31-20(22)23)11-25-21(24-2)26-13-18(28(3)4)16-12-27-29(5)14-16/h7-8,10,12,14,18,20H,6,9,11,13H2,1-5H3,(H2,24,25,26). The molecular formula is C21H32F2N6O2. The first-order chi connectivity index (χ1) is 14.8.